The van der Waals surface area contributed by atoms with Crippen LogP contribution in [0.4, 0.5) is 0 Å². The molecule has 1 aliphatic heterocycles. The first-order valence-electron chi connectivity index (χ1n) is 4.33. The molecule has 2 aliphatic rings. The quantitative estimate of drug-likeness (QED) is 0.643. The van der Waals surface area contributed by atoms with Crippen molar-refractivity contribution in [3.8, 4) is 6.07 Å². The average Bonchev–Trinajstić information content (AvgIpc) is 2.76. The van der Waals surface area contributed by atoms with Crippen LogP contribution in [-0.2, 0) is 0 Å². The first-order valence-corrected chi connectivity index (χ1v) is 4.33. The van der Waals surface area contributed by atoms with Crippen LogP contribution in [0.2, 0.25) is 0 Å². The summed E-state index contributed by atoms with van der Waals surface area (Å²) in [5, 5.41) is 8.85. The Morgan fingerprint density at radius 2 is 2.42 bits per heavy atom. The molecule has 0 aromatic heterocycles. The van der Waals surface area contributed by atoms with Crippen molar-refractivity contribution in [1.29, 1.82) is 5.26 Å². The van der Waals surface area contributed by atoms with Crippen LogP contribution < -0.4 is 5.73 Å². The predicted molar refractivity (Wildman–Crippen MR) is 45.9 cm³/mol. The van der Waals surface area contributed by atoms with Gasteiger partial charge >= 0.3 is 0 Å². The van der Waals surface area contributed by atoms with Gasteiger partial charge in [-0.05, 0) is 18.8 Å². The molecule has 3 heteroatoms. The third-order valence-corrected chi connectivity index (χ3v) is 2.85. The molecule has 0 aromatic rings. The molecule has 12 heavy (non-hydrogen) atoms. The molecule has 3 nitrogen and oxygen atoms in total. The smallest absolute Gasteiger partial charge is 0.117 e. The van der Waals surface area contributed by atoms with Gasteiger partial charge in [-0.2, -0.15) is 5.26 Å². The molecule has 0 amide bonds. The lowest BCUT2D eigenvalue weighted by Crippen LogP contribution is -2.33. The average molecular weight is 163 g/mol. The fourth-order valence-electron chi connectivity index (χ4n) is 2.13. The summed E-state index contributed by atoms with van der Waals surface area (Å²) in [5.74, 6) is 0.748. The molecular weight excluding hydrogens is 150 g/mol. The van der Waals surface area contributed by atoms with Crippen LogP contribution in [0, 0.1) is 17.2 Å². The Labute approximate surface area is 72.4 Å². The van der Waals surface area contributed by atoms with Gasteiger partial charge in [0.25, 0.3) is 0 Å². The molecule has 0 radical (unpaired) electrons. The molecule has 1 heterocycles. The molecular formula is C9H13N3. The second kappa shape index (κ2) is 2.49. The van der Waals surface area contributed by atoms with E-state index in [1.54, 1.807) is 0 Å². The highest BCUT2D eigenvalue weighted by molar-refractivity contribution is 5.19. The Balaban J connectivity index is 2.12. The van der Waals surface area contributed by atoms with E-state index in [-0.39, 0.29) is 6.04 Å². The highest BCUT2D eigenvalue weighted by atomic mass is 15.3. The van der Waals surface area contributed by atoms with Crippen LogP contribution in [0.15, 0.2) is 12.3 Å². The zero-order chi connectivity index (χ0) is 8.72. The second-order valence-corrected chi connectivity index (χ2v) is 3.62. The van der Waals surface area contributed by atoms with Crippen LogP contribution in [0.1, 0.15) is 12.8 Å². The Hall–Kier alpha value is -1.01. The number of nitrogens with two attached hydrogens (primary N) is 1. The van der Waals surface area contributed by atoms with Crippen molar-refractivity contribution in [2.75, 3.05) is 6.54 Å². The summed E-state index contributed by atoms with van der Waals surface area (Å²) in [6.45, 7) is 4.35. The molecule has 1 saturated carbocycles. The summed E-state index contributed by atoms with van der Waals surface area (Å²) in [6.07, 6.45) is 2.25. The number of likely N-dealkylation sites (tertiary alicyclic amines) is 1. The molecule has 1 aliphatic carbocycles. The summed E-state index contributed by atoms with van der Waals surface area (Å²) >= 11 is 0. The molecule has 64 valence electrons. The van der Waals surface area contributed by atoms with Crippen LogP contribution in [0.3, 0.4) is 0 Å². The standard InChI is InChI=1S/C9H13N3/c1-6(4-10)12-8(5-11)2-7-3-9(7)12/h7-9H,1-4,10H2/t7-,8?,9+/m1/s1. The summed E-state index contributed by atoms with van der Waals surface area (Å²) in [6, 6.07) is 2.93. The number of nitrogens with zero attached hydrogens (tertiary/aromatic N) is 2. The first kappa shape index (κ1) is 7.63. The second-order valence-electron chi connectivity index (χ2n) is 3.62. The van der Waals surface area contributed by atoms with Crippen molar-refractivity contribution in [2.45, 2.75) is 24.9 Å². The maximum Gasteiger partial charge on any atom is 0.117 e. The van der Waals surface area contributed by atoms with E-state index >= 15 is 0 Å². The molecule has 2 fully saturated rings. The van der Waals surface area contributed by atoms with Gasteiger partial charge in [-0.3, -0.25) is 0 Å². The molecule has 3 atom stereocenters. The third-order valence-electron chi connectivity index (χ3n) is 2.85. The molecule has 2 N–H and O–H groups in total. The van der Waals surface area contributed by atoms with Gasteiger partial charge in [0, 0.05) is 18.3 Å². The first-order chi connectivity index (χ1) is 5.77. The largest absolute Gasteiger partial charge is 0.355 e. The predicted octanol–water partition coefficient (Wildman–Crippen LogP) is 0.445. The number of rotatable bonds is 2. The van der Waals surface area contributed by atoms with Crippen molar-refractivity contribution in [3.63, 3.8) is 0 Å². The number of fused-ring (bicyclic) bond motifs is 1. The number of hydrogen-bond donors (Lipinski definition) is 1. The molecule has 0 bridgehead atoms. The topological polar surface area (TPSA) is 53.0 Å². The highest BCUT2D eigenvalue weighted by Gasteiger charge is 2.52. The summed E-state index contributed by atoms with van der Waals surface area (Å²) in [7, 11) is 0. The van der Waals surface area contributed by atoms with E-state index in [0.29, 0.717) is 12.6 Å². The van der Waals surface area contributed by atoms with Crippen molar-refractivity contribution < 1.29 is 0 Å². The third kappa shape index (κ3) is 0.919. The lowest BCUT2D eigenvalue weighted by molar-refractivity contribution is 0.323. The summed E-state index contributed by atoms with van der Waals surface area (Å²) < 4.78 is 0. The van der Waals surface area contributed by atoms with Gasteiger partial charge in [-0.25, -0.2) is 0 Å². The number of piperidine rings is 1. The van der Waals surface area contributed by atoms with E-state index in [4.69, 9.17) is 11.0 Å². The minimum absolute atomic E-state index is 0.0461. The van der Waals surface area contributed by atoms with Gasteiger partial charge in [-0.1, -0.05) is 6.58 Å². The van der Waals surface area contributed by atoms with Gasteiger partial charge in [0.2, 0.25) is 0 Å². The fraction of sp³-hybridized carbons (Fsp3) is 0.667. The molecule has 0 aromatic carbocycles. The lowest BCUT2D eigenvalue weighted by Gasteiger charge is -2.25. The zero-order valence-electron chi connectivity index (χ0n) is 7.03. The molecule has 0 spiro atoms. The van der Waals surface area contributed by atoms with E-state index in [0.717, 1.165) is 18.0 Å². The molecule has 2 rings (SSSR count). The van der Waals surface area contributed by atoms with Crippen molar-refractivity contribution in [2.24, 2.45) is 11.7 Å². The number of nitriles is 1. The minimum atomic E-state index is 0.0461. The van der Waals surface area contributed by atoms with Crippen LogP contribution >= 0.6 is 0 Å². The van der Waals surface area contributed by atoms with Crippen molar-refractivity contribution in [1.82, 2.24) is 4.90 Å². The van der Waals surface area contributed by atoms with Crippen molar-refractivity contribution >= 4 is 0 Å². The summed E-state index contributed by atoms with van der Waals surface area (Å²) in [5.41, 5.74) is 6.42. The lowest BCUT2D eigenvalue weighted by atomic mass is 10.2. The zero-order valence-corrected chi connectivity index (χ0v) is 7.03. The highest BCUT2D eigenvalue weighted by Crippen LogP contribution is 2.48. The fourth-order valence-corrected chi connectivity index (χ4v) is 2.13. The van der Waals surface area contributed by atoms with Crippen LogP contribution in [0.5, 0.6) is 0 Å². The van der Waals surface area contributed by atoms with Gasteiger partial charge in [0.05, 0.1) is 6.07 Å². The van der Waals surface area contributed by atoms with Gasteiger partial charge < -0.3 is 10.6 Å². The van der Waals surface area contributed by atoms with Crippen LogP contribution in [-0.4, -0.2) is 23.5 Å². The summed E-state index contributed by atoms with van der Waals surface area (Å²) in [4.78, 5) is 2.12. The number of hydrogen-bond acceptors (Lipinski definition) is 3. The van der Waals surface area contributed by atoms with Gasteiger partial charge in [0.15, 0.2) is 0 Å². The molecule has 1 unspecified atom stereocenters. The van der Waals surface area contributed by atoms with E-state index in [1.165, 1.54) is 6.42 Å². The van der Waals surface area contributed by atoms with E-state index < -0.39 is 0 Å². The van der Waals surface area contributed by atoms with Gasteiger partial charge in [0.1, 0.15) is 6.04 Å². The Bertz CT molecular complexity index is 253. The van der Waals surface area contributed by atoms with E-state index in [1.807, 2.05) is 0 Å². The Morgan fingerprint density at radius 1 is 1.67 bits per heavy atom. The SMILES string of the molecule is C=C(CN)N1C(C#N)C[C@@H]2C[C@@H]21. The monoisotopic (exact) mass is 163 g/mol. The maximum absolute atomic E-state index is 8.85. The van der Waals surface area contributed by atoms with Crippen LogP contribution in [0.25, 0.3) is 0 Å². The minimum Gasteiger partial charge on any atom is -0.355 e. The van der Waals surface area contributed by atoms with Gasteiger partial charge in [-0.15, -0.1) is 0 Å². The Morgan fingerprint density at radius 3 is 3.00 bits per heavy atom. The van der Waals surface area contributed by atoms with E-state index in [2.05, 4.69) is 17.5 Å². The van der Waals surface area contributed by atoms with Crippen molar-refractivity contribution in [3.05, 3.63) is 12.3 Å². The Kier molecular flexibility index (Phi) is 1.59. The normalized spacial score (nSPS) is 37.3. The molecule has 1 saturated heterocycles. The maximum atomic E-state index is 8.85. The van der Waals surface area contributed by atoms with E-state index in [9.17, 15) is 0 Å².